The van der Waals surface area contributed by atoms with E-state index in [0.717, 1.165) is 16.5 Å². The van der Waals surface area contributed by atoms with Gasteiger partial charge < -0.3 is 14.4 Å². The van der Waals surface area contributed by atoms with E-state index in [2.05, 4.69) is 0 Å². The number of aryl methyl sites for hydroxylation is 1. The highest BCUT2D eigenvalue weighted by Crippen LogP contribution is 2.25. The first kappa shape index (κ1) is 13.7. The number of fused-ring (bicyclic) bond motifs is 1. The molecule has 0 aliphatic carbocycles. The molecule has 0 spiro atoms. The van der Waals surface area contributed by atoms with Crippen molar-refractivity contribution in [3.05, 3.63) is 35.6 Å². The van der Waals surface area contributed by atoms with Crippen molar-refractivity contribution in [1.29, 1.82) is 0 Å². The quantitative estimate of drug-likeness (QED) is 0.921. The topological polar surface area (TPSA) is 70.8 Å². The Labute approximate surface area is 122 Å². The maximum atomic E-state index is 12.4. The van der Waals surface area contributed by atoms with Crippen LogP contribution >= 0.6 is 0 Å². The number of rotatable bonds is 2. The maximum absolute atomic E-state index is 12.4. The van der Waals surface area contributed by atoms with Crippen molar-refractivity contribution in [3.8, 4) is 0 Å². The normalized spacial score (nSPS) is 16.3. The minimum Gasteiger partial charge on any atom is -0.481 e. The zero-order chi connectivity index (χ0) is 15.0. The van der Waals surface area contributed by atoms with Gasteiger partial charge in [0.05, 0.1) is 5.92 Å². The van der Waals surface area contributed by atoms with E-state index in [-0.39, 0.29) is 11.8 Å². The van der Waals surface area contributed by atoms with Crippen molar-refractivity contribution in [3.63, 3.8) is 0 Å². The molecular weight excluding hydrogens is 270 g/mol. The Morgan fingerprint density at radius 2 is 2.00 bits per heavy atom. The molecule has 2 heterocycles. The first-order valence-corrected chi connectivity index (χ1v) is 7.07. The summed E-state index contributed by atoms with van der Waals surface area (Å²) in [4.78, 5) is 25.0. The molecule has 5 heteroatoms. The van der Waals surface area contributed by atoms with Gasteiger partial charge in [0.25, 0.3) is 5.91 Å². The lowest BCUT2D eigenvalue weighted by atomic mass is 9.97. The predicted molar refractivity (Wildman–Crippen MR) is 77.2 cm³/mol. The Morgan fingerprint density at radius 3 is 2.62 bits per heavy atom. The van der Waals surface area contributed by atoms with E-state index >= 15 is 0 Å². The Hall–Kier alpha value is -2.30. The predicted octanol–water partition coefficient (Wildman–Crippen LogP) is 2.68. The number of benzene rings is 1. The molecule has 1 N–H and O–H groups in total. The first-order valence-electron chi connectivity index (χ1n) is 7.07. The second-order valence-electron chi connectivity index (χ2n) is 5.51. The Balaban J connectivity index is 1.78. The summed E-state index contributed by atoms with van der Waals surface area (Å²) in [5.41, 5.74) is 1.73. The zero-order valence-electron chi connectivity index (χ0n) is 11.8. The van der Waals surface area contributed by atoms with Gasteiger partial charge in [-0.25, -0.2) is 0 Å². The third-order valence-corrected chi connectivity index (χ3v) is 4.08. The fourth-order valence-electron chi connectivity index (χ4n) is 2.80. The highest BCUT2D eigenvalue weighted by Gasteiger charge is 2.28. The van der Waals surface area contributed by atoms with E-state index in [1.807, 2.05) is 25.1 Å². The third-order valence-electron chi connectivity index (χ3n) is 4.08. The molecular formula is C16H17NO4. The second kappa shape index (κ2) is 5.24. The lowest BCUT2D eigenvalue weighted by Gasteiger charge is -2.29. The number of furan rings is 1. The van der Waals surface area contributed by atoms with Crippen LogP contribution in [0.1, 0.15) is 29.0 Å². The van der Waals surface area contributed by atoms with Gasteiger partial charge in [-0.05, 0) is 31.4 Å². The number of piperidine rings is 1. The van der Waals surface area contributed by atoms with Crippen LogP contribution < -0.4 is 0 Å². The van der Waals surface area contributed by atoms with Crippen LogP contribution in [0.3, 0.4) is 0 Å². The van der Waals surface area contributed by atoms with Gasteiger partial charge in [0.1, 0.15) is 5.58 Å². The van der Waals surface area contributed by atoms with E-state index < -0.39 is 5.97 Å². The summed E-state index contributed by atoms with van der Waals surface area (Å²) in [6, 6.07) is 7.55. The van der Waals surface area contributed by atoms with Crippen molar-refractivity contribution < 1.29 is 19.1 Å². The summed E-state index contributed by atoms with van der Waals surface area (Å²) in [7, 11) is 0. The lowest BCUT2D eigenvalue weighted by Crippen LogP contribution is -2.40. The summed E-state index contributed by atoms with van der Waals surface area (Å²) < 4.78 is 5.68. The number of carbonyl (C=O) groups is 2. The van der Waals surface area contributed by atoms with E-state index in [9.17, 15) is 9.59 Å². The van der Waals surface area contributed by atoms with Crippen LogP contribution in [0.25, 0.3) is 11.0 Å². The maximum Gasteiger partial charge on any atom is 0.306 e. The van der Waals surface area contributed by atoms with Gasteiger partial charge in [0.2, 0.25) is 0 Å². The molecule has 1 amide bonds. The average Bonchev–Trinajstić information content (AvgIpc) is 2.92. The molecule has 1 aliphatic rings. The summed E-state index contributed by atoms with van der Waals surface area (Å²) in [5.74, 6) is -0.948. The Bertz CT molecular complexity index is 695. The molecule has 0 radical (unpaired) electrons. The minimum atomic E-state index is -0.776. The van der Waals surface area contributed by atoms with Crippen LogP contribution in [0, 0.1) is 12.8 Å². The molecule has 1 aliphatic heterocycles. The summed E-state index contributed by atoms with van der Waals surface area (Å²) in [6.45, 7) is 2.87. The molecule has 0 bridgehead atoms. The van der Waals surface area contributed by atoms with Gasteiger partial charge in [-0.2, -0.15) is 0 Å². The number of hydrogen-bond acceptors (Lipinski definition) is 3. The lowest BCUT2D eigenvalue weighted by molar-refractivity contribution is -0.143. The van der Waals surface area contributed by atoms with Crippen LogP contribution in [0.4, 0.5) is 0 Å². The molecule has 3 rings (SSSR count). The van der Waals surface area contributed by atoms with Crippen molar-refractivity contribution in [1.82, 2.24) is 4.90 Å². The first-order chi connectivity index (χ1) is 10.1. The van der Waals surface area contributed by atoms with E-state index in [1.165, 1.54) is 0 Å². The van der Waals surface area contributed by atoms with Crippen LogP contribution in [0.2, 0.25) is 0 Å². The average molecular weight is 287 g/mol. The van der Waals surface area contributed by atoms with Crippen LogP contribution in [0.5, 0.6) is 0 Å². The number of likely N-dealkylation sites (tertiary alicyclic amines) is 1. The highest BCUT2D eigenvalue weighted by molar-refractivity contribution is 5.96. The number of aliphatic carboxylic acids is 1. The molecule has 0 atom stereocenters. The van der Waals surface area contributed by atoms with Crippen molar-refractivity contribution in [2.45, 2.75) is 19.8 Å². The molecule has 1 fully saturated rings. The van der Waals surface area contributed by atoms with Gasteiger partial charge in [-0.15, -0.1) is 0 Å². The Kier molecular flexibility index (Phi) is 3.41. The number of para-hydroxylation sites is 1. The second-order valence-corrected chi connectivity index (χ2v) is 5.51. The summed E-state index contributed by atoms with van der Waals surface area (Å²) >= 11 is 0. The molecule has 2 aromatic rings. The minimum absolute atomic E-state index is 0.158. The highest BCUT2D eigenvalue weighted by atomic mass is 16.4. The van der Waals surface area contributed by atoms with Crippen molar-refractivity contribution in [2.75, 3.05) is 13.1 Å². The third kappa shape index (κ3) is 2.51. The Morgan fingerprint density at radius 1 is 1.29 bits per heavy atom. The fourth-order valence-corrected chi connectivity index (χ4v) is 2.80. The van der Waals surface area contributed by atoms with Gasteiger partial charge in [0, 0.05) is 18.5 Å². The molecule has 5 nitrogen and oxygen atoms in total. The zero-order valence-corrected chi connectivity index (χ0v) is 11.8. The summed E-state index contributed by atoms with van der Waals surface area (Å²) in [5, 5.41) is 9.90. The standard InChI is InChI=1S/C16H17NO4/c1-10-3-2-4-12-9-13(21-14(10)12)15(18)17-7-5-11(6-8-17)16(19)20/h2-4,9,11H,5-8H2,1H3,(H,19,20). The number of carboxylic acid groups (broad SMARTS) is 1. The van der Waals surface area contributed by atoms with Crippen LogP contribution in [-0.4, -0.2) is 35.0 Å². The van der Waals surface area contributed by atoms with E-state index in [1.54, 1.807) is 11.0 Å². The van der Waals surface area contributed by atoms with Gasteiger partial charge in [0.15, 0.2) is 5.76 Å². The van der Waals surface area contributed by atoms with Gasteiger partial charge in [-0.3, -0.25) is 9.59 Å². The number of amides is 1. The molecule has 1 aromatic carbocycles. The smallest absolute Gasteiger partial charge is 0.306 e. The van der Waals surface area contributed by atoms with Crippen LogP contribution in [-0.2, 0) is 4.79 Å². The summed E-state index contributed by atoms with van der Waals surface area (Å²) in [6.07, 6.45) is 1.00. The van der Waals surface area contributed by atoms with Crippen molar-refractivity contribution in [2.24, 2.45) is 5.92 Å². The number of carbonyl (C=O) groups excluding carboxylic acids is 1. The van der Waals surface area contributed by atoms with Gasteiger partial charge in [-0.1, -0.05) is 18.2 Å². The largest absolute Gasteiger partial charge is 0.481 e. The monoisotopic (exact) mass is 287 g/mol. The molecule has 0 saturated carbocycles. The van der Waals surface area contributed by atoms with E-state index in [4.69, 9.17) is 9.52 Å². The number of hydrogen-bond donors (Lipinski definition) is 1. The molecule has 1 aromatic heterocycles. The molecule has 110 valence electrons. The van der Waals surface area contributed by atoms with E-state index in [0.29, 0.717) is 31.7 Å². The SMILES string of the molecule is Cc1cccc2cc(C(=O)N3CCC(C(=O)O)CC3)oc12. The number of nitrogens with zero attached hydrogens (tertiary/aromatic N) is 1. The van der Waals surface area contributed by atoms with Crippen molar-refractivity contribution >= 4 is 22.8 Å². The molecule has 0 unspecified atom stereocenters. The number of carboxylic acids is 1. The molecule has 21 heavy (non-hydrogen) atoms. The fraction of sp³-hybridized carbons (Fsp3) is 0.375. The molecule has 1 saturated heterocycles. The van der Waals surface area contributed by atoms with Gasteiger partial charge >= 0.3 is 5.97 Å². The van der Waals surface area contributed by atoms with Crippen LogP contribution in [0.15, 0.2) is 28.7 Å².